The molecule has 10 nitrogen and oxygen atoms in total. The molecule has 0 spiro atoms. The summed E-state index contributed by atoms with van der Waals surface area (Å²) in [7, 11) is 2.72. The molecule has 0 saturated carbocycles. The number of hydrogen-bond donors (Lipinski definition) is 4. The van der Waals surface area contributed by atoms with E-state index >= 15 is 0 Å². The van der Waals surface area contributed by atoms with Crippen molar-refractivity contribution in [3.63, 3.8) is 0 Å². The molecular weight excluding hydrogens is 729 g/mol. The summed E-state index contributed by atoms with van der Waals surface area (Å²) in [6.45, 7) is 4.37. The SMILES string of the molecule is CCCCCCc1c2nc(c(-c3ccc(C(=O)OC)cc3)c3ccc([nH]3)c(CCCCCC)c3nc(c(-c4ccc(C(=O)OC)cc4)c4ccc1[nH]4)[C@H](O)[C@@H]3O)C=C2. The molecule has 3 aromatic heterocycles. The van der Waals surface area contributed by atoms with Gasteiger partial charge in [0.2, 0.25) is 0 Å². The normalized spacial score (nSPS) is 14.8. The fourth-order valence-corrected chi connectivity index (χ4v) is 8.04. The Labute approximate surface area is 339 Å². The van der Waals surface area contributed by atoms with Gasteiger partial charge < -0.3 is 29.7 Å². The van der Waals surface area contributed by atoms with E-state index in [0.29, 0.717) is 40.0 Å². The summed E-state index contributed by atoms with van der Waals surface area (Å²) in [5.74, 6) is -0.857. The van der Waals surface area contributed by atoms with Crippen molar-refractivity contribution in [1.82, 2.24) is 19.9 Å². The maximum absolute atomic E-state index is 12.4. The molecule has 2 aliphatic rings. The van der Waals surface area contributed by atoms with Gasteiger partial charge in [-0.15, -0.1) is 0 Å². The molecule has 5 heterocycles. The van der Waals surface area contributed by atoms with E-state index in [-0.39, 0.29) is 0 Å². The molecule has 10 heteroatoms. The second kappa shape index (κ2) is 18.2. The molecule has 300 valence electrons. The van der Waals surface area contributed by atoms with Crippen LogP contribution in [-0.4, -0.2) is 56.3 Å². The molecular formula is C48H52N4O6. The minimum atomic E-state index is -1.32. The van der Waals surface area contributed by atoms with Gasteiger partial charge in [-0.25, -0.2) is 14.6 Å². The lowest BCUT2D eigenvalue weighted by Gasteiger charge is -2.13. The van der Waals surface area contributed by atoms with E-state index < -0.39 is 24.1 Å². The molecule has 0 unspecified atom stereocenters. The standard InChI is InChI=1S/C48H52N4O6/c1-5-7-9-11-13-33-35-23-26-38(49-35)41(29-15-19-31(20-16-29)47(55)57-3)39-27-25-37(51-39)34(14-12-10-8-6-2)43-45(53)46(54)44(52-43)42(40-28-24-36(33)50-40)30-17-21-32(22-18-30)48(56)58-4/h15-28,45-46,50-51,53-54H,5-14H2,1-4H3/t45-,46+/m1/s1. The number of aliphatic hydroxyl groups is 2. The number of aliphatic hydroxyl groups excluding tert-OH is 2. The van der Waals surface area contributed by atoms with E-state index in [2.05, 4.69) is 29.9 Å². The fourth-order valence-electron chi connectivity index (χ4n) is 8.04. The molecule has 0 saturated heterocycles. The third-order valence-electron chi connectivity index (χ3n) is 11.2. The second-order valence-electron chi connectivity index (χ2n) is 15.0. The molecule has 2 atom stereocenters. The van der Waals surface area contributed by atoms with Crippen LogP contribution >= 0.6 is 0 Å². The number of carbonyl (C=O) groups is 2. The number of aromatic nitrogens is 4. The van der Waals surface area contributed by atoms with Crippen molar-refractivity contribution in [2.75, 3.05) is 14.2 Å². The molecule has 2 aromatic carbocycles. The number of unbranched alkanes of at least 4 members (excludes halogenated alkanes) is 6. The van der Waals surface area contributed by atoms with Crippen LogP contribution in [0.4, 0.5) is 0 Å². The predicted molar refractivity (Wildman–Crippen MR) is 229 cm³/mol. The molecule has 5 aromatic rings. The molecule has 4 N–H and O–H groups in total. The molecule has 0 radical (unpaired) electrons. The number of aryl methyl sites for hydroxylation is 2. The lowest BCUT2D eigenvalue weighted by molar-refractivity contribution is 0.0252. The topological polar surface area (TPSA) is 150 Å². The Kier molecular flexibility index (Phi) is 12.6. The van der Waals surface area contributed by atoms with Gasteiger partial charge in [0.25, 0.3) is 0 Å². The third-order valence-corrected chi connectivity index (χ3v) is 11.2. The zero-order valence-corrected chi connectivity index (χ0v) is 33.7. The Morgan fingerprint density at radius 1 is 0.552 bits per heavy atom. The highest BCUT2D eigenvalue weighted by Crippen LogP contribution is 2.42. The van der Waals surface area contributed by atoms with Crippen LogP contribution in [0.5, 0.6) is 0 Å². The van der Waals surface area contributed by atoms with Gasteiger partial charge in [0, 0.05) is 38.8 Å². The van der Waals surface area contributed by atoms with Gasteiger partial charge in [-0.2, -0.15) is 0 Å². The van der Waals surface area contributed by atoms with Gasteiger partial charge >= 0.3 is 11.9 Å². The van der Waals surface area contributed by atoms with E-state index in [4.69, 9.17) is 19.4 Å². The quantitative estimate of drug-likeness (QED) is 0.0630. The molecule has 0 fully saturated rings. The maximum Gasteiger partial charge on any atom is 0.337 e. The number of hydrogen-bond acceptors (Lipinski definition) is 8. The van der Waals surface area contributed by atoms with Gasteiger partial charge in [-0.1, -0.05) is 76.6 Å². The smallest absolute Gasteiger partial charge is 0.337 e. The highest BCUT2D eigenvalue weighted by Gasteiger charge is 2.34. The summed E-state index contributed by atoms with van der Waals surface area (Å²) in [6, 6.07) is 22.4. The number of carbonyl (C=O) groups excluding carboxylic acids is 2. The van der Waals surface area contributed by atoms with Crippen molar-refractivity contribution in [3.8, 4) is 22.3 Å². The number of nitrogens with zero attached hydrogens (tertiary/aromatic N) is 2. The number of aromatic amines is 2. The first-order valence-corrected chi connectivity index (χ1v) is 20.5. The van der Waals surface area contributed by atoms with Crippen molar-refractivity contribution in [3.05, 3.63) is 118 Å². The number of nitrogens with one attached hydrogen (secondary N) is 2. The van der Waals surface area contributed by atoms with Crippen LogP contribution in [0.3, 0.4) is 0 Å². The van der Waals surface area contributed by atoms with E-state index in [1.54, 1.807) is 24.3 Å². The van der Waals surface area contributed by atoms with E-state index in [1.807, 2.05) is 54.6 Å². The van der Waals surface area contributed by atoms with Crippen molar-refractivity contribution in [2.45, 2.75) is 90.3 Å². The lowest BCUT2D eigenvalue weighted by atomic mass is 9.97. The lowest BCUT2D eigenvalue weighted by Crippen LogP contribution is -2.06. The zero-order valence-electron chi connectivity index (χ0n) is 33.7. The van der Waals surface area contributed by atoms with Gasteiger partial charge in [0.15, 0.2) is 0 Å². The summed E-state index contributed by atoms with van der Waals surface area (Å²) in [6.07, 6.45) is 11.3. The van der Waals surface area contributed by atoms with Crippen molar-refractivity contribution >= 4 is 46.2 Å². The Balaban J connectivity index is 1.58. The zero-order chi connectivity index (χ0) is 40.8. The van der Waals surface area contributed by atoms with Crippen LogP contribution < -0.4 is 0 Å². The van der Waals surface area contributed by atoms with Crippen LogP contribution in [0.15, 0.2) is 72.8 Å². The van der Waals surface area contributed by atoms with Crippen LogP contribution in [-0.2, 0) is 22.3 Å². The Morgan fingerprint density at radius 3 is 1.57 bits per heavy atom. The van der Waals surface area contributed by atoms with E-state index in [0.717, 1.165) is 114 Å². The largest absolute Gasteiger partial charge is 0.465 e. The summed E-state index contributed by atoms with van der Waals surface area (Å²) >= 11 is 0. The number of H-pyrrole nitrogens is 2. The molecule has 58 heavy (non-hydrogen) atoms. The number of esters is 2. The first-order valence-electron chi connectivity index (χ1n) is 20.5. The molecule has 7 rings (SSSR count). The van der Waals surface area contributed by atoms with E-state index in [1.165, 1.54) is 14.2 Å². The average Bonchev–Trinajstić information content (AvgIpc) is 4.08. The first kappa shape index (κ1) is 40.4. The van der Waals surface area contributed by atoms with Crippen LogP contribution in [0.25, 0.3) is 56.5 Å². The number of fused-ring (bicyclic) bond motifs is 8. The average molecular weight is 781 g/mol. The summed E-state index contributed by atoms with van der Waals surface area (Å²) in [5, 5.41) is 23.9. The number of rotatable bonds is 14. The van der Waals surface area contributed by atoms with Crippen molar-refractivity contribution in [2.24, 2.45) is 0 Å². The molecule has 0 aliphatic carbocycles. The van der Waals surface area contributed by atoms with Crippen molar-refractivity contribution < 1.29 is 29.3 Å². The second-order valence-corrected chi connectivity index (χ2v) is 15.0. The fraction of sp³-hybridized carbons (Fsp3) is 0.333. The van der Waals surface area contributed by atoms with E-state index in [9.17, 15) is 19.8 Å². The summed E-state index contributed by atoms with van der Waals surface area (Å²) in [4.78, 5) is 42.6. The Morgan fingerprint density at radius 2 is 1.02 bits per heavy atom. The minimum absolute atomic E-state index is 0.336. The number of methoxy groups -OCH3 is 2. The monoisotopic (exact) mass is 780 g/mol. The highest BCUT2D eigenvalue weighted by atomic mass is 16.5. The minimum Gasteiger partial charge on any atom is -0.465 e. The highest BCUT2D eigenvalue weighted by molar-refractivity contribution is 5.95. The van der Waals surface area contributed by atoms with Gasteiger partial charge in [-0.3, -0.25) is 4.98 Å². The van der Waals surface area contributed by atoms with Gasteiger partial charge in [0.05, 0.1) is 48.1 Å². The Hall–Kier alpha value is -5.84. The maximum atomic E-state index is 12.4. The molecule has 2 aliphatic heterocycles. The number of benzene rings is 2. The predicted octanol–water partition coefficient (Wildman–Crippen LogP) is 10.4. The van der Waals surface area contributed by atoms with Crippen molar-refractivity contribution in [1.29, 1.82) is 0 Å². The first-order chi connectivity index (χ1) is 28.3. The Bertz CT molecular complexity index is 2480. The molecule has 8 bridgehead atoms. The number of ether oxygens (including phenoxy) is 2. The summed E-state index contributed by atoms with van der Waals surface area (Å²) < 4.78 is 9.94. The van der Waals surface area contributed by atoms with Gasteiger partial charge in [-0.05, 0) is 103 Å². The molecule has 0 amide bonds. The summed E-state index contributed by atoms with van der Waals surface area (Å²) in [5.41, 5.74) is 11.4. The van der Waals surface area contributed by atoms with Crippen LogP contribution in [0.2, 0.25) is 0 Å². The van der Waals surface area contributed by atoms with Gasteiger partial charge in [0.1, 0.15) is 12.2 Å². The van der Waals surface area contributed by atoms with Crippen LogP contribution in [0.1, 0.15) is 132 Å². The third kappa shape index (κ3) is 8.26. The van der Waals surface area contributed by atoms with Crippen LogP contribution in [0, 0.1) is 0 Å².